The Morgan fingerprint density at radius 2 is 2.03 bits per heavy atom. The lowest BCUT2D eigenvalue weighted by Crippen LogP contribution is -2.15. The van der Waals surface area contributed by atoms with Crippen LogP contribution in [0.25, 0.3) is 16.7 Å². The van der Waals surface area contributed by atoms with Gasteiger partial charge in [-0.15, -0.1) is 11.3 Å². The fourth-order valence-electron chi connectivity index (χ4n) is 2.67. The monoisotopic (exact) mass is 425 g/mol. The molecule has 10 heteroatoms. The zero-order valence-corrected chi connectivity index (χ0v) is 16.9. The third kappa shape index (κ3) is 3.98. The standard InChI is InChI=1S/C19H15N5O3S2/c1-27-19(26)16-14(7-8-28-16)23-15(25)10-29-18-13-9-22-24(17(13)20-11-21-18)12-5-3-2-4-6-12/h2-9,11H,10H2,1H3,(H,23,25). The lowest BCUT2D eigenvalue weighted by molar-refractivity contribution is -0.113. The summed E-state index contributed by atoms with van der Waals surface area (Å²) in [6.07, 6.45) is 3.15. The van der Waals surface area contributed by atoms with E-state index in [1.165, 1.54) is 36.5 Å². The van der Waals surface area contributed by atoms with E-state index in [9.17, 15) is 9.59 Å². The summed E-state index contributed by atoms with van der Waals surface area (Å²) < 4.78 is 6.45. The Morgan fingerprint density at radius 3 is 2.83 bits per heavy atom. The number of para-hydroxylation sites is 1. The maximum Gasteiger partial charge on any atom is 0.350 e. The maximum atomic E-state index is 12.4. The van der Waals surface area contributed by atoms with Crippen molar-refractivity contribution in [3.05, 3.63) is 59.2 Å². The highest BCUT2D eigenvalue weighted by Crippen LogP contribution is 2.27. The van der Waals surface area contributed by atoms with Crippen molar-refractivity contribution < 1.29 is 14.3 Å². The van der Waals surface area contributed by atoms with E-state index in [0.717, 1.165) is 11.1 Å². The van der Waals surface area contributed by atoms with Crippen LogP contribution in [0, 0.1) is 0 Å². The third-order valence-electron chi connectivity index (χ3n) is 3.98. The average Bonchev–Trinajstić information content (AvgIpc) is 3.39. The number of hydrogen-bond donors (Lipinski definition) is 1. The van der Waals surface area contributed by atoms with Crippen LogP contribution >= 0.6 is 23.1 Å². The Morgan fingerprint density at radius 1 is 1.21 bits per heavy atom. The van der Waals surface area contributed by atoms with Crippen LogP contribution in [0.4, 0.5) is 5.69 Å². The molecule has 29 heavy (non-hydrogen) atoms. The minimum Gasteiger partial charge on any atom is -0.465 e. The van der Waals surface area contributed by atoms with Gasteiger partial charge in [-0.05, 0) is 23.6 Å². The Labute approximate surface area is 173 Å². The minimum atomic E-state index is -0.478. The number of fused-ring (bicyclic) bond motifs is 1. The van der Waals surface area contributed by atoms with E-state index in [0.29, 0.717) is 21.2 Å². The zero-order chi connectivity index (χ0) is 20.2. The van der Waals surface area contributed by atoms with Crippen molar-refractivity contribution in [3.63, 3.8) is 0 Å². The SMILES string of the molecule is COC(=O)c1sccc1NC(=O)CSc1ncnc2c1cnn2-c1ccccc1. The molecule has 3 aromatic heterocycles. The van der Waals surface area contributed by atoms with Crippen molar-refractivity contribution in [2.75, 3.05) is 18.2 Å². The van der Waals surface area contributed by atoms with Gasteiger partial charge in [-0.2, -0.15) is 5.10 Å². The number of hydrogen-bond acceptors (Lipinski definition) is 8. The molecule has 8 nitrogen and oxygen atoms in total. The van der Waals surface area contributed by atoms with E-state index in [4.69, 9.17) is 4.74 Å². The second kappa shape index (κ2) is 8.41. The van der Waals surface area contributed by atoms with Crippen molar-refractivity contribution in [2.45, 2.75) is 5.03 Å². The number of aromatic nitrogens is 4. The molecule has 0 spiro atoms. The fraction of sp³-hybridized carbons (Fsp3) is 0.105. The molecule has 4 aromatic rings. The summed E-state index contributed by atoms with van der Waals surface area (Å²) in [6.45, 7) is 0. The van der Waals surface area contributed by atoms with Crippen LogP contribution in [0.1, 0.15) is 9.67 Å². The normalized spacial score (nSPS) is 10.8. The fourth-order valence-corrected chi connectivity index (χ4v) is 4.20. The summed E-state index contributed by atoms with van der Waals surface area (Å²) in [5.41, 5.74) is 2.00. The number of carbonyl (C=O) groups excluding carboxylic acids is 2. The molecular weight excluding hydrogens is 410 g/mol. The van der Waals surface area contributed by atoms with Gasteiger partial charge in [0.05, 0.1) is 35.8 Å². The summed E-state index contributed by atoms with van der Waals surface area (Å²) in [5, 5.41) is 10.3. The Bertz CT molecular complexity index is 1170. The van der Waals surface area contributed by atoms with Gasteiger partial charge in [0.25, 0.3) is 0 Å². The second-order valence-corrected chi connectivity index (χ2v) is 7.68. The third-order valence-corrected chi connectivity index (χ3v) is 5.88. The van der Waals surface area contributed by atoms with Gasteiger partial charge >= 0.3 is 5.97 Å². The van der Waals surface area contributed by atoms with Gasteiger partial charge in [-0.25, -0.2) is 19.4 Å². The maximum absolute atomic E-state index is 12.4. The molecule has 0 saturated carbocycles. The van der Waals surface area contributed by atoms with Gasteiger partial charge in [0.15, 0.2) is 5.65 Å². The van der Waals surface area contributed by atoms with Gasteiger partial charge < -0.3 is 10.1 Å². The quantitative estimate of drug-likeness (QED) is 0.287. The summed E-state index contributed by atoms with van der Waals surface area (Å²) in [7, 11) is 1.31. The number of anilines is 1. The van der Waals surface area contributed by atoms with E-state index < -0.39 is 5.97 Å². The molecule has 0 aliphatic carbocycles. The Kier molecular flexibility index (Phi) is 5.54. The number of esters is 1. The lowest BCUT2D eigenvalue weighted by atomic mass is 10.3. The van der Waals surface area contributed by atoms with Crippen LogP contribution < -0.4 is 5.32 Å². The molecule has 4 rings (SSSR count). The summed E-state index contributed by atoms with van der Waals surface area (Å²) >= 11 is 2.49. The molecule has 0 fully saturated rings. The number of ether oxygens (including phenoxy) is 1. The first-order chi connectivity index (χ1) is 14.2. The number of nitrogens with one attached hydrogen (secondary N) is 1. The van der Waals surface area contributed by atoms with E-state index in [2.05, 4.69) is 20.4 Å². The predicted molar refractivity (Wildman–Crippen MR) is 112 cm³/mol. The predicted octanol–water partition coefficient (Wildman–Crippen LogP) is 3.39. The van der Waals surface area contributed by atoms with Crippen molar-refractivity contribution in [1.82, 2.24) is 19.7 Å². The molecule has 146 valence electrons. The van der Waals surface area contributed by atoms with E-state index >= 15 is 0 Å². The number of methoxy groups -OCH3 is 1. The number of amides is 1. The zero-order valence-electron chi connectivity index (χ0n) is 15.2. The summed E-state index contributed by atoms with van der Waals surface area (Å²) in [5.74, 6) is -0.603. The smallest absolute Gasteiger partial charge is 0.350 e. The summed E-state index contributed by atoms with van der Waals surface area (Å²) in [6, 6.07) is 11.3. The molecule has 0 aliphatic heterocycles. The lowest BCUT2D eigenvalue weighted by Gasteiger charge is -2.06. The van der Waals surface area contributed by atoms with Crippen LogP contribution in [0.3, 0.4) is 0 Å². The highest BCUT2D eigenvalue weighted by Gasteiger charge is 2.17. The molecule has 0 aliphatic rings. The first kappa shape index (κ1) is 19.1. The van der Waals surface area contributed by atoms with Crippen LogP contribution in [0.2, 0.25) is 0 Å². The number of thioether (sulfide) groups is 1. The van der Waals surface area contributed by atoms with Crippen molar-refractivity contribution in [3.8, 4) is 5.69 Å². The molecule has 0 radical (unpaired) electrons. The highest BCUT2D eigenvalue weighted by atomic mass is 32.2. The number of nitrogens with zero attached hydrogens (tertiary/aromatic N) is 4. The van der Waals surface area contributed by atoms with Gasteiger partial charge in [-0.3, -0.25) is 4.79 Å². The largest absolute Gasteiger partial charge is 0.465 e. The Hall–Kier alpha value is -3.24. The summed E-state index contributed by atoms with van der Waals surface area (Å²) in [4.78, 5) is 33.1. The number of carbonyl (C=O) groups is 2. The second-order valence-electron chi connectivity index (χ2n) is 5.80. The van der Waals surface area contributed by atoms with Gasteiger partial charge in [0.2, 0.25) is 5.91 Å². The molecule has 1 aromatic carbocycles. The molecule has 0 saturated heterocycles. The molecule has 1 amide bonds. The van der Waals surface area contributed by atoms with Gasteiger partial charge in [0, 0.05) is 0 Å². The number of benzene rings is 1. The molecule has 1 N–H and O–H groups in total. The molecular formula is C19H15N5O3S2. The van der Waals surface area contributed by atoms with E-state index in [-0.39, 0.29) is 11.7 Å². The minimum absolute atomic E-state index is 0.124. The molecule has 0 bridgehead atoms. The van der Waals surface area contributed by atoms with Crippen LogP contribution in [-0.4, -0.2) is 44.5 Å². The van der Waals surface area contributed by atoms with Crippen LogP contribution in [0.5, 0.6) is 0 Å². The van der Waals surface area contributed by atoms with Crippen molar-refractivity contribution >= 4 is 51.7 Å². The van der Waals surface area contributed by atoms with Gasteiger partial charge in [-0.1, -0.05) is 30.0 Å². The first-order valence-corrected chi connectivity index (χ1v) is 10.4. The molecule has 0 atom stereocenters. The van der Waals surface area contributed by atoms with Gasteiger partial charge in [0.1, 0.15) is 16.2 Å². The number of thiophene rings is 1. The Balaban J connectivity index is 1.49. The topological polar surface area (TPSA) is 99.0 Å². The van der Waals surface area contributed by atoms with Crippen LogP contribution in [-0.2, 0) is 9.53 Å². The van der Waals surface area contributed by atoms with Crippen molar-refractivity contribution in [2.24, 2.45) is 0 Å². The van der Waals surface area contributed by atoms with E-state index in [1.54, 1.807) is 22.3 Å². The van der Waals surface area contributed by atoms with Crippen LogP contribution in [0.15, 0.2) is 59.3 Å². The first-order valence-electron chi connectivity index (χ1n) is 8.50. The molecule has 3 heterocycles. The van der Waals surface area contributed by atoms with E-state index in [1.807, 2.05) is 30.3 Å². The molecule has 0 unspecified atom stereocenters. The number of rotatable bonds is 6. The highest BCUT2D eigenvalue weighted by molar-refractivity contribution is 8.00. The van der Waals surface area contributed by atoms with Crippen molar-refractivity contribution in [1.29, 1.82) is 0 Å². The average molecular weight is 425 g/mol.